The zero-order chi connectivity index (χ0) is 17.4. The highest BCUT2D eigenvalue weighted by Gasteiger charge is 2.21. The lowest BCUT2D eigenvalue weighted by molar-refractivity contribution is 0.0613. The number of β-amino-alcohol motifs (C(OH)–C–C–N with tert-alkyl or cyclic N) is 2. The molecule has 2 aliphatic heterocycles. The number of aliphatic hydroxyl groups excluding tert-OH is 2. The maximum atomic E-state index is 9.62. The summed E-state index contributed by atoms with van der Waals surface area (Å²) < 4.78 is 0. The number of halogens is 2. The molecule has 2 aliphatic rings. The van der Waals surface area contributed by atoms with Crippen molar-refractivity contribution in [3.8, 4) is 0 Å². The summed E-state index contributed by atoms with van der Waals surface area (Å²) in [4.78, 5) is 9.61. The lowest BCUT2D eigenvalue weighted by atomic mass is 10.2. The Kier molecular flexibility index (Phi) is 9.58. The second-order valence-electron chi connectivity index (χ2n) is 6.90. The molecular formula is C16H32Cl2N4O2. The molecule has 142 valence electrons. The van der Waals surface area contributed by atoms with E-state index >= 15 is 0 Å². The van der Waals surface area contributed by atoms with Crippen molar-refractivity contribution >= 4 is 23.2 Å². The Labute approximate surface area is 155 Å². The van der Waals surface area contributed by atoms with Gasteiger partial charge < -0.3 is 10.2 Å². The second-order valence-corrected chi connectivity index (χ2v) is 7.52. The summed E-state index contributed by atoms with van der Waals surface area (Å²) in [6.07, 6.45) is -0.821. The molecule has 0 aromatic rings. The van der Waals surface area contributed by atoms with E-state index in [-0.39, 0.29) is 0 Å². The number of hydrogen-bond acceptors (Lipinski definition) is 6. The van der Waals surface area contributed by atoms with Gasteiger partial charge in [-0.15, -0.1) is 23.2 Å². The summed E-state index contributed by atoms with van der Waals surface area (Å²) in [7, 11) is 0. The van der Waals surface area contributed by atoms with Gasteiger partial charge in [0.15, 0.2) is 0 Å². The summed E-state index contributed by atoms with van der Waals surface area (Å²) in [5.74, 6) is 0.627. The average Bonchev–Trinajstić information content (AvgIpc) is 2.62. The summed E-state index contributed by atoms with van der Waals surface area (Å²) in [5.41, 5.74) is 0. The molecule has 2 heterocycles. The van der Waals surface area contributed by atoms with Crippen LogP contribution in [0.3, 0.4) is 0 Å². The number of alkyl halides is 2. The lowest BCUT2D eigenvalue weighted by Crippen LogP contribution is -2.53. The van der Waals surface area contributed by atoms with Gasteiger partial charge in [0.2, 0.25) is 0 Å². The second kappa shape index (κ2) is 11.1. The molecule has 0 radical (unpaired) electrons. The van der Waals surface area contributed by atoms with Crippen molar-refractivity contribution < 1.29 is 10.2 Å². The molecule has 2 rings (SSSR count). The number of rotatable bonds is 9. The summed E-state index contributed by atoms with van der Waals surface area (Å²) in [6.45, 7) is 11.9. The van der Waals surface area contributed by atoms with Gasteiger partial charge >= 0.3 is 0 Å². The molecule has 2 atom stereocenters. The molecule has 0 saturated carbocycles. The molecule has 0 amide bonds. The maximum Gasteiger partial charge on any atom is 0.0802 e. The molecule has 2 fully saturated rings. The number of piperazine rings is 2. The van der Waals surface area contributed by atoms with Crippen LogP contribution in [0, 0.1) is 0 Å². The Balaban J connectivity index is 1.55. The van der Waals surface area contributed by atoms with Crippen LogP contribution in [0.15, 0.2) is 0 Å². The van der Waals surface area contributed by atoms with Crippen LogP contribution in [-0.4, -0.2) is 132 Å². The van der Waals surface area contributed by atoms with Crippen molar-refractivity contribution in [2.45, 2.75) is 12.2 Å². The van der Waals surface area contributed by atoms with Crippen LogP contribution >= 0.6 is 23.2 Å². The monoisotopic (exact) mass is 382 g/mol. The van der Waals surface area contributed by atoms with Gasteiger partial charge in [0.1, 0.15) is 0 Å². The molecular weight excluding hydrogens is 351 g/mol. The molecule has 0 aliphatic carbocycles. The van der Waals surface area contributed by atoms with Gasteiger partial charge in [-0.05, 0) is 0 Å². The van der Waals surface area contributed by atoms with Crippen molar-refractivity contribution in [3.63, 3.8) is 0 Å². The molecule has 0 bridgehead atoms. The first-order chi connectivity index (χ1) is 11.6. The summed E-state index contributed by atoms with van der Waals surface area (Å²) in [6, 6.07) is 0. The van der Waals surface area contributed by atoms with E-state index in [9.17, 15) is 10.2 Å². The predicted octanol–water partition coefficient (Wildman–Crippen LogP) is -0.579. The SMILES string of the molecule is OC(CCl)CN1CCN(CCN2CCN(CC(O)CCl)CC2)CC1. The van der Waals surface area contributed by atoms with E-state index in [0.29, 0.717) is 24.8 Å². The normalized spacial score (nSPS) is 25.0. The minimum atomic E-state index is -0.410. The first-order valence-electron chi connectivity index (χ1n) is 8.98. The largest absolute Gasteiger partial charge is 0.391 e. The highest BCUT2D eigenvalue weighted by Crippen LogP contribution is 2.06. The van der Waals surface area contributed by atoms with Crippen molar-refractivity contribution in [3.05, 3.63) is 0 Å². The fourth-order valence-electron chi connectivity index (χ4n) is 3.37. The molecule has 6 nitrogen and oxygen atoms in total. The van der Waals surface area contributed by atoms with E-state index in [2.05, 4.69) is 19.6 Å². The zero-order valence-electron chi connectivity index (χ0n) is 14.5. The standard InChI is InChI=1S/C16H32Cl2N4O2/c17-11-15(23)13-21-7-3-19(4-8-21)1-2-20-5-9-22(10-6-20)14-16(24)12-18/h15-16,23-24H,1-14H2. The van der Waals surface area contributed by atoms with Gasteiger partial charge in [0, 0.05) is 90.3 Å². The molecule has 2 unspecified atom stereocenters. The van der Waals surface area contributed by atoms with E-state index in [1.807, 2.05) is 0 Å². The molecule has 0 aromatic carbocycles. The first kappa shape index (κ1) is 20.6. The third-order valence-electron chi connectivity index (χ3n) is 4.96. The van der Waals surface area contributed by atoms with E-state index in [1.54, 1.807) is 0 Å². The van der Waals surface area contributed by atoms with Gasteiger partial charge in [-0.2, -0.15) is 0 Å². The molecule has 2 saturated heterocycles. The Hall–Kier alpha value is 0.340. The van der Waals surface area contributed by atoms with E-state index in [4.69, 9.17) is 23.2 Å². The van der Waals surface area contributed by atoms with Gasteiger partial charge in [-0.3, -0.25) is 19.6 Å². The van der Waals surface area contributed by atoms with Crippen molar-refractivity contribution in [2.24, 2.45) is 0 Å². The fourth-order valence-corrected chi connectivity index (χ4v) is 3.56. The lowest BCUT2D eigenvalue weighted by Gasteiger charge is -2.38. The van der Waals surface area contributed by atoms with Crippen LogP contribution < -0.4 is 0 Å². The zero-order valence-corrected chi connectivity index (χ0v) is 16.0. The minimum Gasteiger partial charge on any atom is -0.391 e. The Morgan fingerprint density at radius 1 is 0.583 bits per heavy atom. The smallest absolute Gasteiger partial charge is 0.0802 e. The predicted molar refractivity (Wildman–Crippen MR) is 99.2 cm³/mol. The van der Waals surface area contributed by atoms with Gasteiger partial charge in [0.05, 0.1) is 12.2 Å². The highest BCUT2D eigenvalue weighted by molar-refractivity contribution is 6.18. The molecule has 8 heteroatoms. The number of hydrogen-bond donors (Lipinski definition) is 2. The summed E-state index contributed by atoms with van der Waals surface area (Å²) in [5, 5.41) is 19.2. The van der Waals surface area contributed by atoms with Gasteiger partial charge in [-0.1, -0.05) is 0 Å². The number of nitrogens with zero attached hydrogens (tertiary/aromatic N) is 4. The van der Waals surface area contributed by atoms with Crippen molar-refractivity contribution in [1.82, 2.24) is 19.6 Å². The van der Waals surface area contributed by atoms with E-state index < -0.39 is 12.2 Å². The average molecular weight is 383 g/mol. The van der Waals surface area contributed by atoms with E-state index in [1.165, 1.54) is 0 Å². The van der Waals surface area contributed by atoms with Crippen LogP contribution in [0.5, 0.6) is 0 Å². The first-order valence-corrected chi connectivity index (χ1v) is 10.0. The third kappa shape index (κ3) is 7.30. The molecule has 24 heavy (non-hydrogen) atoms. The fraction of sp³-hybridized carbons (Fsp3) is 1.00. The molecule has 0 spiro atoms. The van der Waals surface area contributed by atoms with Crippen LogP contribution in [0.25, 0.3) is 0 Å². The minimum absolute atomic E-state index is 0.314. The van der Waals surface area contributed by atoms with Crippen molar-refractivity contribution in [2.75, 3.05) is 90.3 Å². The Morgan fingerprint density at radius 2 is 0.875 bits per heavy atom. The Morgan fingerprint density at radius 3 is 1.17 bits per heavy atom. The summed E-state index contributed by atoms with van der Waals surface area (Å²) >= 11 is 11.3. The van der Waals surface area contributed by atoms with Crippen LogP contribution in [0.2, 0.25) is 0 Å². The number of aliphatic hydroxyl groups is 2. The third-order valence-corrected chi connectivity index (χ3v) is 5.67. The van der Waals surface area contributed by atoms with Crippen molar-refractivity contribution in [1.29, 1.82) is 0 Å². The Bertz CT molecular complexity index is 306. The highest BCUT2D eigenvalue weighted by atomic mass is 35.5. The maximum absolute atomic E-state index is 9.62. The van der Waals surface area contributed by atoms with Crippen LogP contribution in [-0.2, 0) is 0 Å². The van der Waals surface area contributed by atoms with E-state index in [0.717, 1.165) is 65.4 Å². The topological polar surface area (TPSA) is 53.4 Å². The molecule has 2 N–H and O–H groups in total. The van der Waals surface area contributed by atoms with Crippen LogP contribution in [0.1, 0.15) is 0 Å². The molecule has 0 aromatic heterocycles. The van der Waals surface area contributed by atoms with Gasteiger partial charge in [0.25, 0.3) is 0 Å². The van der Waals surface area contributed by atoms with Gasteiger partial charge in [-0.25, -0.2) is 0 Å². The van der Waals surface area contributed by atoms with Crippen LogP contribution in [0.4, 0.5) is 0 Å². The quantitative estimate of drug-likeness (QED) is 0.520.